The normalized spacial score (nSPS) is 17.2. The first kappa shape index (κ1) is 16.4. The second-order valence-electron chi connectivity index (χ2n) is 5.12. The van der Waals surface area contributed by atoms with Gasteiger partial charge in [0.25, 0.3) is 0 Å². The molecule has 2 nitrogen and oxygen atoms in total. The molecule has 0 radical (unpaired) electrons. The van der Waals surface area contributed by atoms with Crippen molar-refractivity contribution in [3.05, 3.63) is 35.6 Å². The predicted octanol–water partition coefficient (Wildman–Crippen LogP) is 3.07. The van der Waals surface area contributed by atoms with Gasteiger partial charge in [0.15, 0.2) is 0 Å². The van der Waals surface area contributed by atoms with Gasteiger partial charge in [0.05, 0.1) is 0 Å². The zero-order chi connectivity index (χ0) is 12.8. The highest BCUT2D eigenvalue weighted by Gasteiger charge is 2.19. The SMILES string of the molecule is CCNCC1CCN(Cc2ccccc2F)CC1.Cl. The summed E-state index contributed by atoms with van der Waals surface area (Å²) in [4.78, 5) is 2.36. The maximum absolute atomic E-state index is 13.6. The van der Waals surface area contributed by atoms with Gasteiger partial charge in [-0.15, -0.1) is 12.4 Å². The van der Waals surface area contributed by atoms with E-state index in [0.717, 1.165) is 44.2 Å². The molecule has 1 aliphatic rings. The molecule has 4 heteroatoms. The Hall–Kier alpha value is -0.640. The van der Waals surface area contributed by atoms with Gasteiger partial charge in [-0.3, -0.25) is 4.90 Å². The molecule has 0 bridgehead atoms. The molecule has 1 fully saturated rings. The molecule has 1 saturated heterocycles. The van der Waals surface area contributed by atoms with E-state index in [1.807, 2.05) is 12.1 Å². The van der Waals surface area contributed by atoms with Crippen LogP contribution >= 0.6 is 12.4 Å². The molecule has 108 valence electrons. The van der Waals surface area contributed by atoms with Gasteiger partial charge in [-0.1, -0.05) is 25.1 Å². The van der Waals surface area contributed by atoms with Crippen molar-refractivity contribution in [3.8, 4) is 0 Å². The molecule has 0 unspecified atom stereocenters. The van der Waals surface area contributed by atoms with E-state index in [-0.39, 0.29) is 18.2 Å². The smallest absolute Gasteiger partial charge is 0.127 e. The standard InChI is InChI=1S/C15H23FN2.ClH/c1-2-17-11-13-7-9-18(10-8-13)12-14-5-3-4-6-15(14)16;/h3-6,13,17H,2,7-12H2,1H3;1H. The maximum atomic E-state index is 13.6. The van der Waals surface area contributed by atoms with Gasteiger partial charge in [0.2, 0.25) is 0 Å². The van der Waals surface area contributed by atoms with Gasteiger partial charge in [-0.25, -0.2) is 4.39 Å². The van der Waals surface area contributed by atoms with Crippen LogP contribution in [0.1, 0.15) is 25.3 Å². The van der Waals surface area contributed by atoms with E-state index in [1.54, 1.807) is 12.1 Å². The lowest BCUT2D eigenvalue weighted by Gasteiger charge is -2.32. The van der Waals surface area contributed by atoms with Gasteiger partial charge >= 0.3 is 0 Å². The largest absolute Gasteiger partial charge is 0.317 e. The molecule has 0 aromatic heterocycles. The van der Waals surface area contributed by atoms with Crippen molar-refractivity contribution in [1.82, 2.24) is 10.2 Å². The minimum Gasteiger partial charge on any atom is -0.317 e. The van der Waals surface area contributed by atoms with Crippen molar-refractivity contribution in [2.24, 2.45) is 5.92 Å². The lowest BCUT2D eigenvalue weighted by atomic mass is 9.96. The Bertz CT molecular complexity index is 365. The van der Waals surface area contributed by atoms with Crippen LogP contribution in [-0.2, 0) is 6.54 Å². The van der Waals surface area contributed by atoms with Crippen molar-refractivity contribution in [2.75, 3.05) is 26.2 Å². The predicted molar refractivity (Wildman–Crippen MR) is 80.2 cm³/mol. The molecule has 1 aromatic carbocycles. The van der Waals surface area contributed by atoms with E-state index >= 15 is 0 Å². The molecular weight excluding hydrogens is 263 g/mol. The molecule has 1 aromatic rings. The Morgan fingerprint density at radius 2 is 1.95 bits per heavy atom. The third-order valence-electron chi connectivity index (χ3n) is 3.74. The number of halogens is 2. The lowest BCUT2D eigenvalue weighted by Crippen LogP contribution is -2.37. The highest BCUT2D eigenvalue weighted by molar-refractivity contribution is 5.85. The fraction of sp³-hybridized carbons (Fsp3) is 0.600. The van der Waals surface area contributed by atoms with E-state index in [4.69, 9.17) is 0 Å². The third-order valence-corrected chi connectivity index (χ3v) is 3.74. The summed E-state index contributed by atoms with van der Waals surface area (Å²) in [5.41, 5.74) is 0.822. The highest BCUT2D eigenvalue weighted by atomic mass is 35.5. The van der Waals surface area contributed by atoms with Crippen molar-refractivity contribution < 1.29 is 4.39 Å². The number of piperidine rings is 1. The van der Waals surface area contributed by atoms with Crippen LogP contribution in [0.4, 0.5) is 4.39 Å². The molecule has 0 amide bonds. The Morgan fingerprint density at radius 1 is 1.26 bits per heavy atom. The van der Waals surface area contributed by atoms with E-state index in [2.05, 4.69) is 17.1 Å². The lowest BCUT2D eigenvalue weighted by molar-refractivity contribution is 0.174. The molecule has 0 saturated carbocycles. The van der Waals surface area contributed by atoms with Crippen LogP contribution in [0.25, 0.3) is 0 Å². The number of hydrogen-bond donors (Lipinski definition) is 1. The van der Waals surface area contributed by atoms with Gasteiger partial charge in [-0.2, -0.15) is 0 Å². The van der Waals surface area contributed by atoms with Crippen molar-refractivity contribution in [2.45, 2.75) is 26.3 Å². The highest BCUT2D eigenvalue weighted by Crippen LogP contribution is 2.19. The van der Waals surface area contributed by atoms with E-state index < -0.39 is 0 Å². The second-order valence-corrected chi connectivity index (χ2v) is 5.12. The van der Waals surface area contributed by atoms with Gasteiger partial charge in [0.1, 0.15) is 5.82 Å². The minimum atomic E-state index is -0.0766. The summed E-state index contributed by atoms with van der Waals surface area (Å²) >= 11 is 0. The van der Waals surface area contributed by atoms with Gasteiger partial charge < -0.3 is 5.32 Å². The van der Waals surface area contributed by atoms with Crippen LogP contribution in [0.15, 0.2) is 24.3 Å². The first-order valence-electron chi connectivity index (χ1n) is 6.96. The van der Waals surface area contributed by atoms with E-state index in [1.165, 1.54) is 12.8 Å². The molecule has 1 N–H and O–H groups in total. The third kappa shape index (κ3) is 5.09. The number of likely N-dealkylation sites (tertiary alicyclic amines) is 1. The topological polar surface area (TPSA) is 15.3 Å². The van der Waals surface area contributed by atoms with Crippen LogP contribution < -0.4 is 5.32 Å². The summed E-state index contributed by atoms with van der Waals surface area (Å²) in [5.74, 6) is 0.717. The van der Waals surface area contributed by atoms with Crippen LogP contribution in [0.2, 0.25) is 0 Å². The Morgan fingerprint density at radius 3 is 2.58 bits per heavy atom. The molecule has 0 spiro atoms. The molecular formula is C15H24ClFN2. The molecule has 19 heavy (non-hydrogen) atoms. The monoisotopic (exact) mass is 286 g/mol. The zero-order valence-corrected chi connectivity index (χ0v) is 12.4. The first-order chi connectivity index (χ1) is 8.79. The van der Waals surface area contributed by atoms with Crippen LogP contribution in [-0.4, -0.2) is 31.1 Å². The van der Waals surface area contributed by atoms with E-state index in [0.29, 0.717) is 0 Å². The van der Waals surface area contributed by atoms with Crippen molar-refractivity contribution in [3.63, 3.8) is 0 Å². The zero-order valence-electron chi connectivity index (χ0n) is 11.6. The molecule has 1 aliphatic heterocycles. The van der Waals surface area contributed by atoms with Gasteiger partial charge in [0, 0.05) is 12.1 Å². The quantitative estimate of drug-likeness (QED) is 0.895. The van der Waals surface area contributed by atoms with Crippen molar-refractivity contribution in [1.29, 1.82) is 0 Å². The average molecular weight is 287 g/mol. The number of rotatable bonds is 5. The Balaban J connectivity index is 0.00000180. The Labute approximate surface area is 121 Å². The number of nitrogens with zero attached hydrogens (tertiary/aromatic N) is 1. The average Bonchev–Trinajstić information content (AvgIpc) is 2.41. The molecule has 2 rings (SSSR count). The van der Waals surface area contributed by atoms with E-state index in [9.17, 15) is 4.39 Å². The fourth-order valence-corrected chi connectivity index (χ4v) is 2.56. The molecule has 0 atom stereocenters. The summed E-state index contributed by atoms with van der Waals surface area (Å²) in [7, 11) is 0. The van der Waals surface area contributed by atoms with Crippen LogP contribution in [0, 0.1) is 11.7 Å². The van der Waals surface area contributed by atoms with Crippen LogP contribution in [0.5, 0.6) is 0 Å². The first-order valence-corrected chi connectivity index (χ1v) is 6.96. The Kier molecular flexibility index (Phi) is 7.36. The maximum Gasteiger partial charge on any atom is 0.127 e. The summed E-state index contributed by atoms with van der Waals surface area (Å²) in [6.07, 6.45) is 2.45. The summed E-state index contributed by atoms with van der Waals surface area (Å²) in [5, 5.41) is 3.41. The number of nitrogens with one attached hydrogen (secondary N) is 1. The number of benzene rings is 1. The number of hydrogen-bond acceptors (Lipinski definition) is 2. The van der Waals surface area contributed by atoms with Crippen molar-refractivity contribution >= 4 is 12.4 Å². The second kappa shape index (κ2) is 8.51. The van der Waals surface area contributed by atoms with Crippen LogP contribution in [0.3, 0.4) is 0 Å². The van der Waals surface area contributed by atoms with Gasteiger partial charge in [-0.05, 0) is 51.0 Å². The summed E-state index contributed by atoms with van der Waals surface area (Å²) in [6.45, 7) is 7.25. The minimum absolute atomic E-state index is 0. The molecule has 0 aliphatic carbocycles. The fourth-order valence-electron chi connectivity index (χ4n) is 2.56. The molecule has 1 heterocycles. The summed E-state index contributed by atoms with van der Waals surface area (Å²) < 4.78 is 13.6. The summed E-state index contributed by atoms with van der Waals surface area (Å²) in [6, 6.07) is 7.10.